The van der Waals surface area contributed by atoms with Crippen LogP contribution in [0.4, 0.5) is 8.78 Å². The number of nitrogens with one attached hydrogen (secondary N) is 1. The molecule has 3 rings (SSSR count). The molecule has 2 nitrogen and oxygen atoms in total. The molecule has 0 radical (unpaired) electrons. The molecule has 0 unspecified atom stereocenters. The summed E-state index contributed by atoms with van der Waals surface area (Å²) in [6.07, 6.45) is 0.705. The number of halogens is 2. The number of aromatic amines is 1. The summed E-state index contributed by atoms with van der Waals surface area (Å²) in [5, 5.41) is 0.750. The van der Waals surface area contributed by atoms with Gasteiger partial charge < -0.3 is 4.98 Å². The zero-order chi connectivity index (χ0) is 14.3. The molecule has 0 amide bonds. The highest BCUT2D eigenvalue weighted by molar-refractivity contribution is 6.04. The highest BCUT2D eigenvalue weighted by atomic mass is 19.1. The summed E-state index contributed by atoms with van der Waals surface area (Å²) in [6.45, 7) is 1.92. The van der Waals surface area contributed by atoms with E-state index in [0.29, 0.717) is 23.1 Å². The maximum Gasteiger partial charge on any atom is 0.152 e. The first-order valence-corrected chi connectivity index (χ1v) is 6.12. The van der Waals surface area contributed by atoms with Gasteiger partial charge in [-0.2, -0.15) is 0 Å². The SMILES string of the molecule is Cc1ccc2[nH]c(-c3cc(F)cc(F)c3)c(C=O)c2c1. The maximum absolute atomic E-state index is 13.3. The van der Waals surface area contributed by atoms with Crippen molar-refractivity contribution in [3.63, 3.8) is 0 Å². The number of aryl methyl sites for hydroxylation is 1. The zero-order valence-electron chi connectivity index (χ0n) is 10.7. The van der Waals surface area contributed by atoms with Gasteiger partial charge in [0.2, 0.25) is 0 Å². The third kappa shape index (κ3) is 1.99. The fourth-order valence-corrected chi connectivity index (χ4v) is 2.37. The van der Waals surface area contributed by atoms with Crippen LogP contribution >= 0.6 is 0 Å². The van der Waals surface area contributed by atoms with Crippen molar-refractivity contribution < 1.29 is 13.6 Å². The summed E-state index contributed by atoms with van der Waals surface area (Å²) in [5.74, 6) is -1.35. The molecule has 100 valence electrons. The molecule has 0 fully saturated rings. The lowest BCUT2D eigenvalue weighted by atomic mass is 10.0. The third-order valence-electron chi connectivity index (χ3n) is 3.26. The first-order chi connectivity index (χ1) is 9.58. The Morgan fingerprint density at radius 3 is 2.40 bits per heavy atom. The number of hydrogen-bond donors (Lipinski definition) is 1. The van der Waals surface area contributed by atoms with Crippen molar-refractivity contribution in [1.82, 2.24) is 4.98 Å². The number of fused-ring (bicyclic) bond motifs is 1. The molecule has 20 heavy (non-hydrogen) atoms. The number of H-pyrrole nitrogens is 1. The van der Waals surface area contributed by atoms with E-state index in [9.17, 15) is 13.6 Å². The fraction of sp³-hybridized carbons (Fsp3) is 0.0625. The van der Waals surface area contributed by atoms with Gasteiger partial charge in [-0.05, 0) is 31.2 Å². The largest absolute Gasteiger partial charge is 0.354 e. The average Bonchev–Trinajstić information content (AvgIpc) is 2.75. The molecular weight excluding hydrogens is 260 g/mol. The fourth-order valence-electron chi connectivity index (χ4n) is 2.37. The number of carbonyl (C=O) groups is 1. The summed E-state index contributed by atoms with van der Waals surface area (Å²) >= 11 is 0. The second-order valence-corrected chi connectivity index (χ2v) is 4.74. The van der Waals surface area contributed by atoms with Gasteiger partial charge in [0.05, 0.1) is 5.69 Å². The van der Waals surface area contributed by atoms with Gasteiger partial charge >= 0.3 is 0 Å². The highest BCUT2D eigenvalue weighted by Crippen LogP contribution is 2.30. The summed E-state index contributed by atoms with van der Waals surface area (Å²) in [7, 11) is 0. The first kappa shape index (κ1) is 12.5. The lowest BCUT2D eigenvalue weighted by Crippen LogP contribution is -1.88. The molecule has 0 saturated heterocycles. The minimum atomic E-state index is -0.674. The molecular formula is C16H11F2NO. The van der Waals surface area contributed by atoms with Crippen molar-refractivity contribution in [1.29, 1.82) is 0 Å². The van der Waals surface area contributed by atoms with Crippen LogP contribution in [-0.4, -0.2) is 11.3 Å². The lowest BCUT2D eigenvalue weighted by Gasteiger charge is -2.01. The average molecular weight is 271 g/mol. The maximum atomic E-state index is 13.3. The predicted octanol–water partition coefficient (Wildman–Crippen LogP) is 4.23. The van der Waals surface area contributed by atoms with Gasteiger partial charge in [0, 0.05) is 28.1 Å². The van der Waals surface area contributed by atoms with Crippen LogP contribution in [0.2, 0.25) is 0 Å². The van der Waals surface area contributed by atoms with Crippen LogP contribution in [0.15, 0.2) is 36.4 Å². The van der Waals surface area contributed by atoms with Gasteiger partial charge in [-0.15, -0.1) is 0 Å². The van der Waals surface area contributed by atoms with Gasteiger partial charge in [0.15, 0.2) is 6.29 Å². The van der Waals surface area contributed by atoms with Crippen LogP contribution in [-0.2, 0) is 0 Å². The lowest BCUT2D eigenvalue weighted by molar-refractivity contribution is 0.112. The van der Waals surface area contributed by atoms with E-state index in [4.69, 9.17) is 0 Å². The van der Waals surface area contributed by atoms with Crippen LogP contribution in [0.25, 0.3) is 22.2 Å². The topological polar surface area (TPSA) is 32.9 Å². The van der Waals surface area contributed by atoms with Crippen molar-refractivity contribution in [2.75, 3.05) is 0 Å². The van der Waals surface area contributed by atoms with Gasteiger partial charge in [-0.1, -0.05) is 11.6 Å². The van der Waals surface area contributed by atoms with E-state index in [-0.39, 0.29) is 0 Å². The van der Waals surface area contributed by atoms with Crippen molar-refractivity contribution >= 4 is 17.2 Å². The Labute approximate surface area is 114 Å². The van der Waals surface area contributed by atoms with E-state index in [0.717, 1.165) is 22.5 Å². The summed E-state index contributed by atoms with van der Waals surface area (Å²) in [5.41, 5.74) is 2.93. The molecule has 2 aromatic carbocycles. The molecule has 0 aliphatic heterocycles. The number of aldehydes is 1. The summed E-state index contributed by atoms with van der Waals surface area (Å²) in [4.78, 5) is 14.4. The van der Waals surface area contributed by atoms with Gasteiger partial charge in [0.1, 0.15) is 11.6 Å². The van der Waals surface area contributed by atoms with E-state index in [2.05, 4.69) is 4.98 Å². The molecule has 1 heterocycles. The van der Waals surface area contributed by atoms with Crippen LogP contribution in [0.3, 0.4) is 0 Å². The Hall–Kier alpha value is -2.49. The van der Waals surface area contributed by atoms with Gasteiger partial charge in [-0.25, -0.2) is 8.78 Å². The Kier molecular flexibility index (Phi) is 2.86. The second kappa shape index (κ2) is 4.56. The first-order valence-electron chi connectivity index (χ1n) is 6.12. The summed E-state index contributed by atoms with van der Waals surface area (Å²) < 4.78 is 26.7. The van der Waals surface area contributed by atoms with E-state index in [1.54, 1.807) is 0 Å². The molecule has 0 atom stereocenters. The van der Waals surface area contributed by atoms with Crippen molar-refractivity contribution in [3.05, 3.63) is 59.2 Å². The van der Waals surface area contributed by atoms with E-state index in [1.807, 2.05) is 25.1 Å². The van der Waals surface area contributed by atoms with Crippen LogP contribution in [0, 0.1) is 18.6 Å². The molecule has 1 aromatic heterocycles. The van der Waals surface area contributed by atoms with Gasteiger partial charge in [0.25, 0.3) is 0 Å². The van der Waals surface area contributed by atoms with Crippen molar-refractivity contribution in [3.8, 4) is 11.3 Å². The van der Waals surface area contributed by atoms with Crippen LogP contribution < -0.4 is 0 Å². The number of carbonyl (C=O) groups excluding carboxylic acids is 1. The predicted molar refractivity (Wildman–Crippen MR) is 73.8 cm³/mol. The molecule has 0 aliphatic rings. The minimum absolute atomic E-state index is 0.318. The minimum Gasteiger partial charge on any atom is -0.354 e. The summed E-state index contributed by atoms with van der Waals surface area (Å²) in [6, 6.07) is 8.83. The monoisotopic (exact) mass is 271 g/mol. The Morgan fingerprint density at radius 2 is 1.75 bits per heavy atom. The molecule has 0 saturated carbocycles. The Bertz CT molecular complexity index is 800. The number of rotatable bonds is 2. The molecule has 0 bridgehead atoms. The smallest absolute Gasteiger partial charge is 0.152 e. The van der Waals surface area contributed by atoms with Crippen LogP contribution in [0.1, 0.15) is 15.9 Å². The quantitative estimate of drug-likeness (QED) is 0.695. The van der Waals surface area contributed by atoms with Gasteiger partial charge in [-0.3, -0.25) is 4.79 Å². The van der Waals surface area contributed by atoms with Crippen LogP contribution in [0.5, 0.6) is 0 Å². The number of hydrogen-bond acceptors (Lipinski definition) is 1. The standard InChI is InChI=1S/C16H11F2NO/c1-9-2-3-15-13(4-9)14(8-20)16(19-15)10-5-11(17)7-12(18)6-10/h2-8,19H,1H3. The van der Waals surface area contributed by atoms with E-state index in [1.165, 1.54) is 12.1 Å². The zero-order valence-corrected chi connectivity index (χ0v) is 10.7. The molecule has 1 N–H and O–H groups in total. The van der Waals surface area contributed by atoms with E-state index < -0.39 is 11.6 Å². The second-order valence-electron chi connectivity index (χ2n) is 4.74. The molecule has 0 aliphatic carbocycles. The molecule has 3 aromatic rings. The number of benzene rings is 2. The normalized spacial score (nSPS) is 10.9. The van der Waals surface area contributed by atoms with Crippen molar-refractivity contribution in [2.45, 2.75) is 6.92 Å². The van der Waals surface area contributed by atoms with Crippen molar-refractivity contribution in [2.24, 2.45) is 0 Å². The molecule has 0 spiro atoms. The Balaban J connectivity index is 2.32. The third-order valence-corrected chi connectivity index (χ3v) is 3.26. The Morgan fingerprint density at radius 1 is 1.05 bits per heavy atom. The van der Waals surface area contributed by atoms with E-state index >= 15 is 0 Å². The highest BCUT2D eigenvalue weighted by Gasteiger charge is 2.14. The number of aromatic nitrogens is 1. The molecule has 4 heteroatoms.